The zero-order chi connectivity index (χ0) is 13.9. The van der Waals surface area contributed by atoms with E-state index in [2.05, 4.69) is 22.4 Å². The Balaban J connectivity index is 1.83. The highest BCUT2D eigenvalue weighted by Crippen LogP contribution is 2.24. The molecule has 0 saturated heterocycles. The second-order valence-corrected chi connectivity index (χ2v) is 5.65. The smallest absolute Gasteiger partial charge is 0.113 e. The molecule has 0 atom stereocenters. The van der Waals surface area contributed by atoms with E-state index in [0.717, 1.165) is 21.8 Å². The second kappa shape index (κ2) is 5.32. The van der Waals surface area contributed by atoms with Crippen molar-refractivity contribution in [2.24, 2.45) is 0 Å². The van der Waals surface area contributed by atoms with Crippen LogP contribution in [-0.2, 0) is 6.54 Å². The predicted octanol–water partition coefficient (Wildman–Crippen LogP) is 4.09. The van der Waals surface area contributed by atoms with Crippen LogP contribution in [0.25, 0.3) is 10.2 Å². The monoisotopic (exact) mass is 279 g/mol. The van der Waals surface area contributed by atoms with E-state index in [4.69, 9.17) is 0 Å². The zero-order valence-corrected chi connectivity index (χ0v) is 11.9. The van der Waals surface area contributed by atoms with Crippen LogP contribution < -0.4 is 5.32 Å². The number of hydrogen-bond acceptors (Lipinski definition) is 4. The molecule has 0 aliphatic heterocycles. The molecule has 3 nitrogen and oxygen atoms in total. The van der Waals surface area contributed by atoms with Crippen molar-refractivity contribution in [1.82, 2.24) is 4.98 Å². The Kier molecular flexibility index (Phi) is 3.36. The normalized spacial score (nSPS) is 10.4. The molecule has 0 spiro atoms. The average Bonchev–Trinajstić information content (AvgIpc) is 2.88. The minimum Gasteiger partial charge on any atom is -0.377 e. The number of aromatic nitrogens is 1. The number of nitriles is 1. The van der Waals surface area contributed by atoms with E-state index >= 15 is 0 Å². The molecule has 4 heteroatoms. The quantitative estimate of drug-likeness (QED) is 0.785. The molecule has 0 bridgehead atoms. The fourth-order valence-electron chi connectivity index (χ4n) is 2.13. The molecule has 1 N–H and O–H groups in total. The summed E-state index contributed by atoms with van der Waals surface area (Å²) in [6, 6.07) is 16.2. The van der Waals surface area contributed by atoms with Gasteiger partial charge in [0.05, 0.1) is 28.0 Å². The van der Waals surface area contributed by atoms with Crippen molar-refractivity contribution in [3.63, 3.8) is 0 Å². The first-order valence-electron chi connectivity index (χ1n) is 6.36. The largest absolute Gasteiger partial charge is 0.377 e. The molecule has 1 heterocycles. The van der Waals surface area contributed by atoms with Crippen molar-refractivity contribution in [3.8, 4) is 6.07 Å². The Labute approximate surface area is 121 Å². The summed E-state index contributed by atoms with van der Waals surface area (Å²) in [5, 5.41) is 13.5. The Bertz CT molecular complexity index is 766. The van der Waals surface area contributed by atoms with Crippen LogP contribution in [-0.4, -0.2) is 4.98 Å². The third-order valence-corrected chi connectivity index (χ3v) is 4.19. The van der Waals surface area contributed by atoms with Crippen molar-refractivity contribution in [2.45, 2.75) is 13.5 Å². The van der Waals surface area contributed by atoms with Gasteiger partial charge in [-0.05, 0) is 30.7 Å². The average molecular weight is 279 g/mol. The maximum Gasteiger partial charge on any atom is 0.113 e. The van der Waals surface area contributed by atoms with E-state index in [1.807, 2.05) is 43.3 Å². The Morgan fingerprint density at radius 2 is 2.05 bits per heavy atom. The first-order valence-corrected chi connectivity index (χ1v) is 7.17. The molecule has 20 heavy (non-hydrogen) atoms. The van der Waals surface area contributed by atoms with Gasteiger partial charge in [0.2, 0.25) is 0 Å². The summed E-state index contributed by atoms with van der Waals surface area (Å²) in [7, 11) is 0. The molecule has 3 rings (SSSR count). The summed E-state index contributed by atoms with van der Waals surface area (Å²) in [5.41, 5.74) is 3.58. The molecule has 0 aliphatic carbocycles. The molecule has 0 radical (unpaired) electrons. The fourth-order valence-corrected chi connectivity index (χ4v) is 3.04. The molecule has 0 unspecified atom stereocenters. The van der Waals surface area contributed by atoms with Crippen molar-refractivity contribution >= 4 is 27.2 Å². The third-order valence-electron chi connectivity index (χ3n) is 3.15. The van der Waals surface area contributed by atoms with Crippen LogP contribution in [0.15, 0.2) is 42.5 Å². The van der Waals surface area contributed by atoms with E-state index in [1.54, 1.807) is 11.3 Å². The molecule has 0 aliphatic rings. The van der Waals surface area contributed by atoms with Crippen LogP contribution in [0.1, 0.15) is 16.1 Å². The zero-order valence-electron chi connectivity index (χ0n) is 11.1. The number of anilines is 1. The number of rotatable bonds is 3. The van der Waals surface area contributed by atoms with Crippen molar-refractivity contribution in [1.29, 1.82) is 5.26 Å². The number of hydrogen-bond donors (Lipinski definition) is 1. The SMILES string of the molecule is Cc1cccc(NCc2nc3ccccc3s2)c1C#N. The van der Waals surface area contributed by atoms with Crippen molar-refractivity contribution < 1.29 is 0 Å². The van der Waals surface area contributed by atoms with Gasteiger partial charge in [-0.3, -0.25) is 0 Å². The number of para-hydroxylation sites is 1. The number of nitrogens with one attached hydrogen (secondary N) is 1. The van der Waals surface area contributed by atoms with E-state index in [9.17, 15) is 5.26 Å². The van der Waals surface area contributed by atoms with Crippen LogP contribution in [0.5, 0.6) is 0 Å². The van der Waals surface area contributed by atoms with E-state index < -0.39 is 0 Å². The third kappa shape index (κ3) is 2.36. The Hall–Kier alpha value is -2.38. The highest BCUT2D eigenvalue weighted by Gasteiger charge is 2.06. The first kappa shape index (κ1) is 12.6. The van der Waals surface area contributed by atoms with Crippen LogP contribution in [0, 0.1) is 18.3 Å². The number of aryl methyl sites for hydroxylation is 1. The van der Waals surface area contributed by atoms with Crippen LogP contribution in [0.2, 0.25) is 0 Å². The van der Waals surface area contributed by atoms with E-state index in [0.29, 0.717) is 12.1 Å². The van der Waals surface area contributed by atoms with Gasteiger partial charge in [0, 0.05) is 0 Å². The topological polar surface area (TPSA) is 48.7 Å². The van der Waals surface area contributed by atoms with Gasteiger partial charge < -0.3 is 5.32 Å². The van der Waals surface area contributed by atoms with Crippen LogP contribution in [0.3, 0.4) is 0 Å². The second-order valence-electron chi connectivity index (χ2n) is 4.54. The predicted molar refractivity (Wildman–Crippen MR) is 82.8 cm³/mol. The summed E-state index contributed by atoms with van der Waals surface area (Å²) < 4.78 is 1.19. The lowest BCUT2D eigenvalue weighted by molar-refractivity contribution is 1.11. The number of nitrogens with zero attached hydrogens (tertiary/aromatic N) is 2. The molecule has 0 saturated carbocycles. The lowest BCUT2D eigenvalue weighted by Gasteiger charge is -2.08. The van der Waals surface area contributed by atoms with Gasteiger partial charge in [-0.1, -0.05) is 24.3 Å². The van der Waals surface area contributed by atoms with Gasteiger partial charge in [0.1, 0.15) is 11.1 Å². The van der Waals surface area contributed by atoms with Gasteiger partial charge in [-0.15, -0.1) is 11.3 Å². The maximum atomic E-state index is 9.21. The van der Waals surface area contributed by atoms with Crippen LogP contribution in [0.4, 0.5) is 5.69 Å². The summed E-state index contributed by atoms with van der Waals surface area (Å²) >= 11 is 1.68. The number of benzene rings is 2. The molecule has 0 fully saturated rings. The summed E-state index contributed by atoms with van der Waals surface area (Å²) in [6.45, 7) is 2.58. The highest BCUT2D eigenvalue weighted by atomic mass is 32.1. The number of fused-ring (bicyclic) bond motifs is 1. The minimum atomic E-state index is 0.636. The van der Waals surface area contributed by atoms with Crippen LogP contribution >= 0.6 is 11.3 Å². The molecule has 3 aromatic rings. The van der Waals surface area contributed by atoms with E-state index in [1.165, 1.54) is 4.70 Å². The number of thiazole rings is 1. The van der Waals surface area contributed by atoms with Gasteiger partial charge in [-0.25, -0.2) is 4.98 Å². The molecular formula is C16H13N3S. The fraction of sp³-hybridized carbons (Fsp3) is 0.125. The summed E-state index contributed by atoms with van der Waals surface area (Å²) in [5.74, 6) is 0. The van der Waals surface area contributed by atoms with Gasteiger partial charge in [-0.2, -0.15) is 5.26 Å². The Morgan fingerprint density at radius 1 is 1.20 bits per heavy atom. The van der Waals surface area contributed by atoms with Crippen molar-refractivity contribution in [3.05, 3.63) is 58.6 Å². The minimum absolute atomic E-state index is 0.636. The standard InChI is InChI=1S/C16H13N3S/c1-11-5-4-7-13(12(11)9-17)18-10-16-19-14-6-2-3-8-15(14)20-16/h2-8,18H,10H2,1H3. The molecule has 98 valence electrons. The van der Waals surface area contributed by atoms with Gasteiger partial charge in [0.25, 0.3) is 0 Å². The van der Waals surface area contributed by atoms with Gasteiger partial charge in [0.15, 0.2) is 0 Å². The lowest BCUT2D eigenvalue weighted by atomic mass is 10.1. The highest BCUT2D eigenvalue weighted by molar-refractivity contribution is 7.18. The van der Waals surface area contributed by atoms with Crippen molar-refractivity contribution in [2.75, 3.05) is 5.32 Å². The first-order chi connectivity index (χ1) is 9.78. The molecule has 0 amide bonds. The van der Waals surface area contributed by atoms with E-state index in [-0.39, 0.29) is 0 Å². The van der Waals surface area contributed by atoms with Gasteiger partial charge >= 0.3 is 0 Å². The Morgan fingerprint density at radius 3 is 2.85 bits per heavy atom. The lowest BCUT2D eigenvalue weighted by Crippen LogP contribution is -2.01. The maximum absolute atomic E-state index is 9.21. The molecular weight excluding hydrogens is 266 g/mol. The molecule has 2 aromatic carbocycles. The summed E-state index contributed by atoms with van der Waals surface area (Å²) in [6.07, 6.45) is 0. The molecule has 1 aromatic heterocycles. The summed E-state index contributed by atoms with van der Waals surface area (Å²) in [4.78, 5) is 4.58.